The first-order chi connectivity index (χ1) is 11.8. The molecule has 0 saturated heterocycles. The van der Waals surface area contributed by atoms with Gasteiger partial charge < -0.3 is 10.1 Å². The van der Waals surface area contributed by atoms with Crippen LogP contribution in [-0.4, -0.2) is 21.4 Å². The van der Waals surface area contributed by atoms with Crippen LogP contribution in [-0.2, 0) is 6.18 Å². The van der Waals surface area contributed by atoms with Crippen molar-refractivity contribution in [3.05, 3.63) is 39.5 Å². The first-order valence-corrected chi connectivity index (χ1v) is 8.17. The van der Waals surface area contributed by atoms with Gasteiger partial charge in [0, 0.05) is 11.6 Å². The minimum atomic E-state index is -4.59. The van der Waals surface area contributed by atoms with Crippen LogP contribution in [0.15, 0.2) is 18.2 Å². The number of hydrogen-bond acceptors (Lipinski definition) is 3. The largest absolute Gasteiger partial charge is 0.434 e. The zero-order valence-electron chi connectivity index (χ0n) is 14.3. The van der Waals surface area contributed by atoms with E-state index < -0.39 is 23.3 Å². The van der Waals surface area contributed by atoms with Gasteiger partial charge in [-0.25, -0.2) is 4.79 Å². The first-order valence-electron chi connectivity index (χ1n) is 7.41. The Kier molecular flexibility index (Phi) is 5.49. The summed E-state index contributed by atoms with van der Waals surface area (Å²) in [6.45, 7) is 7.05. The Morgan fingerprint density at radius 2 is 1.69 bits per heavy atom. The maximum atomic E-state index is 12.8. The van der Waals surface area contributed by atoms with Crippen molar-refractivity contribution in [2.75, 3.05) is 0 Å². The van der Waals surface area contributed by atoms with Crippen LogP contribution in [0.4, 0.5) is 18.0 Å². The minimum absolute atomic E-state index is 0.0323. The number of amides is 1. The van der Waals surface area contributed by atoms with Gasteiger partial charge in [-0.15, -0.1) is 5.10 Å². The quantitative estimate of drug-likeness (QED) is 0.695. The van der Waals surface area contributed by atoms with E-state index in [2.05, 4.69) is 10.4 Å². The molecule has 0 saturated carbocycles. The number of nitrogens with zero attached hydrogens (tertiary/aromatic N) is 2. The average molecular weight is 410 g/mol. The van der Waals surface area contributed by atoms with E-state index in [9.17, 15) is 18.0 Å². The maximum Gasteiger partial charge on any atom is 0.416 e. The molecule has 0 fully saturated rings. The minimum Gasteiger partial charge on any atom is -0.434 e. The van der Waals surface area contributed by atoms with Crippen LogP contribution in [0.1, 0.15) is 32.0 Å². The van der Waals surface area contributed by atoms with Crippen molar-refractivity contribution in [3.63, 3.8) is 0 Å². The molecule has 1 aromatic carbocycles. The van der Waals surface area contributed by atoms with Crippen LogP contribution in [0.5, 0.6) is 11.6 Å². The van der Waals surface area contributed by atoms with Gasteiger partial charge in [-0.2, -0.15) is 17.9 Å². The van der Waals surface area contributed by atoms with Gasteiger partial charge in [0.25, 0.3) is 0 Å². The molecule has 10 heteroatoms. The zero-order chi connectivity index (χ0) is 19.9. The number of carbonyl (C=O) groups is 1. The summed E-state index contributed by atoms with van der Waals surface area (Å²) in [5.74, 6) is -0.211. The Morgan fingerprint density at radius 1 is 1.15 bits per heavy atom. The number of rotatable bonds is 2. The van der Waals surface area contributed by atoms with E-state index in [1.54, 1.807) is 6.92 Å². The van der Waals surface area contributed by atoms with Crippen LogP contribution in [0, 0.1) is 6.92 Å². The summed E-state index contributed by atoms with van der Waals surface area (Å²) in [6.07, 6.45) is -4.59. The molecule has 0 atom stereocenters. The molecule has 0 aliphatic rings. The number of carbonyl (C=O) groups excluding carboxylic acids is 1. The second-order valence-electron chi connectivity index (χ2n) is 6.58. The zero-order valence-corrected chi connectivity index (χ0v) is 15.8. The molecular weight excluding hydrogens is 394 g/mol. The first kappa shape index (κ1) is 20.4. The van der Waals surface area contributed by atoms with E-state index in [4.69, 9.17) is 27.9 Å². The highest BCUT2D eigenvalue weighted by Crippen LogP contribution is 2.41. The van der Waals surface area contributed by atoms with E-state index >= 15 is 0 Å². The highest BCUT2D eigenvalue weighted by atomic mass is 35.5. The summed E-state index contributed by atoms with van der Waals surface area (Å²) >= 11 is 11.7. The molecule has 0 spiro atoms. The van der Waals surface area contributed by atoms with Gasteiger partial charge in [0.15, 0.2) is 5.75 Å². The van der Waals surface area contributed by atoms with Crippen LogP contribution < -0.4 is 10.1 Å². The summed E-state index contributed by atoms with van der Waals surface area (Å²) in [5, 5.41) is 6.07. The van der Waals surface area contributed by atoms with Gasteiger partial charge in [-0.3, -0.25) is 0 Å². The second-order valence-corrected chi connectivity index (χ2v) is 7.40. The third kappa shape index (κ3) is 4.82. The molecule has 26 heavy (non-hydrogen) atoms. The van der Waals surface area contributed by atoms with Crippen LogP contribution in [0.2, 0.25) is 10.0 Å². The van der Waals surface area contributed by atoms with Gasteiger partial charge in [0.2, 0.25) is 5.88 Å². The lowest BCUT2D eigenvalue weighted by Gasteiger charge is -2.20. The second kappa shape index (κ2) is 7.00. The molecular formula is C16H16Cl2F3N3O2. The highest BCUT2D eigenvalue weighted by molar-refractivity contribution is 6.37. The smallest absolute Gasteiger partial charge is 0.416 e. The average Bonchev–Trinajstić information content (AvgIpc) is 2.80. The van der Waals surface area contributed by atoms with Crippen LogP contribution in [0.3, 0.4) is 0 Å². The van der Waals surface area contributed by atoms with Crippen molar-refractivity contribution in [1.29, 1.82) is 0 Å². The molecule has 5 nitrogen and oxygen atoms in total. The SMILES string of the molecule is Cc1cc(Oc2c(Cl)cc(C(F)(F)F)cc2Cl)nn1C(=O)NC(C)(C)C. The predicted molar refractivity (Wildman–Crippen MR) is 92.2 cm³/mol. The third-order valence-electron chi connectivity index (χ3n) is 3.07. The number of ether oxygens (including phenoxy) is 1. The number of hydrogen-bond donors (Lipinski definition) is 1. The molecule has 2 rings (SSSR count). The Balaban J connectivity index is 2.30. The van der Waals surface area contributed by atoms with E-state index in [-0.39, 0.29) is 21.7 Å². The number of aryl methyl sites for hydroxylation is 1. The molecule has 0 unspecified atom stereocenters. The molecule has 0 aliphatic heterocycles. The highest BCUT2D eigenvalue weighted by Gasteiger charge is 2.32. The third-order valence-corrected chi connectivity index (χ3v) is 3.63. The predicted octanol–water partition coefficient (Wildman–Crippen LogP) is 5.67. The number of halogens is 5. The van der Waals surface area contributed by atoms with Crippen molar-refractivity contribution in [2.45, 2.75) is 39.4 Å². The Morgan fingerprint density at radius 3 is 2.15 bits per heavy atom. The summed E-state index contributed by atoms with van der Waals surface area (Å²) in [7, 11) is 0. The molecule has 2 aromatic rings. The normalized spacial score (nSPS) is 12.2. The number of aromatic nitrogens is 2. The van der Waals surface area contributed by atoms with Crippen LogP contribution in [0.25, 0.3) is 0 Å². The molecule has 0 bridgehead atoms. The fraction of sp³-hybridized carbons (Fsp3) is 0.375. The van der Waals surface area contributed by atoms with E-state index in [1.807, 2.05) is 20.8 Å². The number of nitrogens with one attached hydrogen (secondary N) is 1. The molecule has 1 N–H and O–H groups in total. The van der Waals surface area contributed by atoms with E-state index in [0.717, 1.165) is 4.68 Å². The van der Waals surface area contributed by atoms with Gasteiger partial charge >= 0.3 is 12.2 Å². The Labute approximate surface area is 158 Å². The lowest BCUT2D eigenvalue weighted by atomic mass is 10.1. The standard InChI is InChI=1S/C16H16Cl2F3N3O2/c1-8-5-12(23-24(8)14(25)22-15(2,3)4)26-13-10(17)6-9(7-11(13)18)16(19,20)21/h5-7H,1-4H3,(H,22,25). The topological polar surface area (TPSA) is 56.2 Å². The van der Waals surface area contributed by atoms with Crippen molar-refractivity contribution in [3.8, 4) is 11.6 Å². The molecule has 0 aliphatic carbocycles. The van der Waals surface area contributed by atoms with Crippen molar-refractivity contribution < 1.29 is 22.7 Å². The molecule has 142 valence electrons. The monoisotopic (exact) mass is 409 g/mol. The lowest BCUT2D eigenvalue weighted by molar-refractivity contribution is -0.137. The summed E-state index contributed by atoms with van der Waals surface area (Å²) in [5.41, 5.74) is -1.01. The maximum absolute atomic E-state index is 12.8. The molecule has 1 heterocycles. The molecule has 0 radical (unpaired) electrons. The summed E-state index contributed by atoms with van der Waals surface area (Å²) < 4.78 is 44.8. The number of benzene rings is 1. The fourth-order valence-electron chi connectivity index (χ4n) is 2.00. The van der Waals surface area contributed by atoms with E-state index in [0.29, 0.717) is 17.8 Å². The van der Waals surface area contributed by atoms with Gasteiger partial charge in [-0.1, -0.05) is 23.2 Å². The van der Waals surface area contributed by atoms with Crippen LogP contribution >= 0.6 is 23.2 Å². The van der Waals surface area contributed by atoms with Crippen molar-refractivity contribution in [1.82, 2.24) is 15.1 Å². The molecule has 1 amide bonds. The van der Waals surface area contributed by atoms with Crippen molar-refractivity contribution in [2.24, 2.45) is 0 Å². The fourth-order valence-corrected chi connectivity index (χ4v) is 2.57. The van der Waals surface area contributed by atoms with Gasteiger partial charge in [-0.05, 0) is 39.8 Å². The van der Waals surface area contributed by atoms with Crippen molar-refractivity contribution >= 4 is 29.2 Å². The molecule has 1 aromatic heterocycles. The summed E-state index contributed by atoms with van der Waals surface area (Å²) in [4.78, 5) is 12.2. The Bertz CT molecular complexity index is 819. The summed E-state index contributed by atoms with van der Waals surface area (Å²) in [6, 6.07) is 2.37. The lowest BCUT2D eigenvalue weighted by Crippen LogP contribution is -2.43. The Hall–Kier alpha value is -1.93. The van der Waals surface area contributed by atoms with Gasteiger partial charge in [0.1, 0.15) is 0 Å². The van der Waals surface area contributed by atoms with Gasteiger partial charge in [0.05, 0.1) is 21.3 Å². The number of alkyl halides is 3. The van der Waals surface area contributed by atoms with E-state index in [1.165, 1.54) is 6.07 Å².